The topological polar surface area (TPSA) is 43.1 Å². The lowest BCUT2D eigenvalue weighted by molar-refractivity contribution is 0.686. The van der Waals surface area contributed by atoms with Gasteiger partial charge in [0.15, 0.2) is 0 Å². The maximum absolute atomic E-state index is 10.6. The molecule has 62 valence electrons. The second-order valence-corrected chi connectivity index (χ2v) is 3.05. The molecule has 0 saturated carbocycles. The Bertz CT molecular complexity index is 206. The SMILES string of the molecule is C=C/C(=C\C=C/C)CS(N)=O. The molecule has 2 nitrogen and oxygen atoms in total. The largest absolute Gasteiger partial charge is 0.252 e. The fourth-order valence-electron chi connectivity index (χ4n) is 0.559. The molecular weight excluding hydrogens is 158 g/mol. The first-order valence-corrected chi connectivity index (χ1v) is 4.66. The van der Waals surface area contributed by atoms with Gasteiger partial charge in [0, 0.05) is 0 Å². The van der Waals surface area contributed by atoms with Gasteiger partial charge in [0.2, 0.25) is 0 Å². The molecule has 0 aromatic heterocycles. The van der Waals surface area contributed by atoms with Crippen molar-refractivity contribution in [2.24, 2.45) is 5.14 Å². The number of hydrogen-bond acceptors (Lipinski definition) is 1. The predicted octanol–water partition coefficient (Wildman–Crippen LogP) is 1.30. The summed E-state index contributed by atoms with van der Waals surface area (Å²) in [5, 5.41) is 5.10. The van der Waals surface area contributed by atoms with Crippen LogP contribution >= 0.6 is 0 Å². The van der Waals surface area contributed by atoms with Gasteiger partial charge in [-0.1, -0.05) is 30.9 Å². The van der Waals surface area contributed by atoms with E-state index in [0.29, 0.717) is 5.75 Å². The van der Waals surface area contributed by atoms with Crippen LogP contribution in [-0.2, 0) is 11.0 Å². The average molecular weight is 171 g/mol. The van der Waals surface area contributed by atoms with Crippen molar-refractivity contribution in [1.82, 2.24) is 0 Å². The Morgan fingerprint density at radius 1 is 1.73 bits per heavy atom. The second kappa shape index (κ2) is 6.07. The maximum atomic E-state index is 10.6. The van der Waals surface area contributed by atoms with Crippen LogP contribution in [0, 0.1) is 0 Å². The van der Waals surface area contributed by atoms with Crippen molar-refractivity contribution < 1.29 is 4.21 Å². The molecule has 0 radical (unpaired) electrons. The van der Waals surface area contributed by atoms with Crippen molar-refractivity contribution in [1.29, 1.82) is 0 Å². The molecule has 0 aliphatic heterocycles. The third-order valence-electron chi connectivity index (χ3n) is 1.07. The fourth-order valence-corrected chi connectivity index (χ4v) is 1.10. The number of rotatable bonds is 4. The van der Waals surface area contributed by atoms with Gasteiger partial charge in [-0.05, 0) is 12.5 Å². The summed E-state index contributed by atoms with van der Waals surface area (Å²) >= 11 is 0. The Hall–Kier alpha value is -0.670. The molecule has 0 saturated heterocycles. The molecule has 0 amide bonds. The normalized spacial score (nSPS) is 15.3. The molecule has 0 aromatic rings. The number of allylic oxidation sites excluding steroid dienone is 4. The van der Waals surface area contributed by atoms with Crippen molar-refractivity contribution >= 4 is 11.0 Å². The standard InChI is InChI=1S/C8H13NOS/c1-3-5-6-8(4-2)7-11(9)10/h3-6H,2,7,9H2,1H3/b5-3-,8-6+. The van der Waals surface area contributed by atoms with Gasteiger partial charge in [-0.25, -0.2) is 4.21 Å². The summed E-state index contributed by atoms with van der Waals surface area (Å²) in [5.74, 6) is 0.369. The molecular formula is C8H13NOS. The lowest BCUT2D eigenvalue weighted by Crippen LogP contribution is -2.08. The van der Waals surface area contributed by atoms with Crippen LogP contribution in [-0.4, -0.2) is 9.96 Å². The van der Waals surface area contributed by atoms with Gasteiger partial charge in [-0.3, -0.25) is 5.14 Å². The Morgan fingerprint density at radius 2 is 2.36 bits per heavy atom. The highest BCUT2D eigenvalue weighted by molar-refractivity contribution is 7.82. The molecule has 11 heavy (non-hydrogen) atoms. The van der Waals surface area contributed by atoms with Gasteiger partial charge >= 0.3 is 0 Å². The maximum Gasteiger partial charge on any atom is 0.0933 e. The molecule has 0 spiro atoms. The first-order valence-electron chi connectivity index (χ1n) is 3.27. The minimum atomic E-state index is -1.27. The summed E-state index contributed by atoms with van der Waals surface area (Å²) in [6, 6.07) is 0. The highest BCUT2D eigenvalue weighted by atomic mass is 32.2. The van der Waals surface area contributed by atoms with E-state index in [1.807, 2.05) is 25.2 Å². The van der Waals surface area contributed by atoms with Gasteiger partial charge in [0.1, 0.15) is 0 Å². The number of hydrogen-bond donors (Lipinski definition) is 1. The van der Waals surface area contributed by atoms with Crippen LogP contribution in [0.4, 0.5) is 0 Å². The van der Waals surface area contributed by atoms with Crippen LogP contribution < -0.4 is 5.14 Å². The van der Waals surface area contributed by atoms with Gasteiger partial charge < -0.3 is 0 Å². The monoisotopic (exact) mass is 171 g/mol. The molecule has 0 fully saturated rings. The Balaban J connectivity index is 4.15. The lowest BCUT2D eigenvalue weighted by Gasteiger charge is -1.94. The van der Waals surface area contributed by atoms with Crippen LogP contribution in [0.2, 0.25) is 0 Å². The van der Waals surface area contributed by atoms with Gasteiger partial charge in [0.25, 0.3) is 0 Å². The van der Waals surface area contributed by atoms with Crippen molar-refractivity contribution in [3.05, 3.63) is 36.5 Å². The molecule has 1 atom stereocenters. The third-order valence-corrected chi connectivity index (χ3v) is 1.69. The zero-order valence-corrected chi connectivity index (χ0v) is 7.43. The van der Waals surface area contributed by atoms with E-state index in [-0.39, 0.29) is 0 Å². The van der Waals surface area contributed by atoms with Crippen LogP contribution in [0.5, 0.6) is 0 Å². The molecule has 3 heteroatoms. The fraction of sp³-hybridized carbons (Fsp3) is 0.250. The number of nitrogens with two attached hydrogens (primary N) is 1. The van der Waals surface area contributed by atoms with Crippen molar-refractivity contribution in [2.45, 2.75) is 6.92 Å². The molecule has 1 unspecified atom stereocenters. The van der Waals surface area contributed by atoms with Gasteiger partial charge in [-0.15, -0.1) is 0 Å². The first-order chi connectivity index (χ1) is 5.20. The summed E-state index contributed by atoms with van der Waals surface area (Å²) in [4.78, 5) is 0. The van der Waals surface area contributed by atoms with Crippen molar-refractivity contribution in [3.8, 4) is 0 Å². The van der Waals surface area contributed by atoms with E-state index in [2.05, 4.69) is 6.58 Å². The summed E-state index contributed by atoms with van der Waals surface area (Å²) in [5.41, 5.74) is 0.893. The zero-order valence-electron chi connectivity index (χ0n) is 6.62. The van der Waals surface area contributed by atoms with Crippen LogP contribution in [0.25, 0.3) is 0 Å². The molecule has 0 aromatic carbocycles. The van der Waals surface area contributed by atoms with E-state index in [1.54, 1.807) is 6.08 Å². The second-order valence-electron chi connectivity index (χ2n) is 2.00. The lowest BCUT2D eigenvalue weighted by atomic mass is 10.3. The molecule has 0 aliphatic rings. The van der Waals surface area contributed by atoms with E-state index in [9.17, 15) is 4.21 Å². The summed E-state index contributed by atoms with van der Waals surface area (Å²) < 4.78 is 10.6. The molecule has 0 rings (SSSR count). The minimum absolute atomic E-state index is 0.369. The third kappa shape index (κ3) is 5.76. The van der Waals surface area contributed by atoms with Crippen LogP contribution in [0.15, 0.2) is 36.5 Å². The Kier molecular flexibility index (Phi) is 5.70. The summed E-state index contributed by atoms with van der Waals surface area (Å²) in [6.45, 7) is 5.49. The highest BCUT2D eigenvalue weighted by Crippen LogP contribution is 1.96. The summed E-state index contributed by atoms with van der Waals surface area (Å²) in [7, 11) is -1.27. The Morgan fingerprint density at radius 3 is 2.73 bits per heavy atom. The average Bonchev–Trinajstić information content (AvgIpc) is 1.97. The van der Waals surface area contributed by atoms with Crippen LogP contribution in [0.1, 0.15) is 6.92 Å². The predicted molar refractivity (Wildman–Crippen MR) is 50.3 cm³/mol. The van der Waals surface area contributed by atoms with Crippen molar-refractivity contribution in [2.75, 3.05) is 5.75 Å². The molecule has 0 bridgehead atoms. The molecule has 2 N–H and O–H groups in total. The van der Waals surface area contributed by atoms with Crippen molar-refractivity contribution in [3.63, 3.8) is 0 Å². The minimum Gasteiger partial charge on any atom is -0.252 e. The zero-order chi connectivity index (χ0) is 8.69. The quantitative estimate of drug-likeness (QED) is 0.636. The Labute approximate surface area is 70.1 Å². The van der Waals surface area contributed by atoms with E-state index >= 15 is 0 Å². The van der Waals surface area contributed by atoms with Gasteiger partial charge in [0.05, 0.1) is 16.7 Å². The summed E-state index contributed by atoms with van der Waals surface area (Å²) in [6.07, 6.45) is 7.26. The van der Waals surface area contributed by atoms with E-state index in [1.165, 1.54) is 0 Å². The van der Waals surface area contributed by atoms with E-state index < -0.39 is 11.0 Å². The highest BCUT2D eigenvalue weighted by Gasteiger charge is 1.93. The molecule has 0 heterocycles. The van der Waals surface area contributed by atoms with E-state index in [0.717, 1.165) is 5.57 Å². The first kappa shape index (κ1) is 10.3. The van der Waals surface area contributed by atoms with Crippen LogP contribution in [0.3, 0.4) is 0 Å². The van der Waals surface area contributed by atoms with E-state index in [4.69, 9.17) is 5.14 Å². The van der Waals surface area contributed by atoms with Gasteiger partial charge in [-0.2, -0.15) is 0 Å². The smallest absolute Gasteiger partial charge is 0.0933 e. The molecule has 0 aliphatic carbocycles.